The van der Waals surface area contributed by atoms with Gasteiger partial charge in [-0.1, -0.05) is 24.3 Å². The predicted octanol–water partition coefficient (Wildman–Crippen LogP) is 3.83. The van der Waals surface area contributed by atoms with Gasteiger partial charge >= 0.3 is 0 Å². The van der Waals surface area contributed by atoms with Crippen molar-refractivity contribution in [3.63, 3.8) is 0 Å². The summed E-state index contributed by atoms with van der Waals surface area (Å²) in [7, 11) is 0. The van der Waals surface area contributed by atoms with Crippen molar-refractivity contribution in [1.29, 1.82) is 0 Å². The van der Waals surface area contributed by atoms with Crippen molar-refractivity contribution in [2.45, 2.75) is 19.8 Å². The van der Waals surface area contributed by atoms with Gasteiger partial charge in [-0.25, -0.2) is 0 Å². The van der Waals surface area contributed by atoms with Crippen molar-refractivity contribution in [3.05, 3.63) is 82.9 Å². The summed E-state index contributed by atoms with van der Waals surface area (Å²) in [5.74, 6) is 0. The Balaban J connectivity index is 1.68. The van der Waals surface area contributed by atoms with Crippen molar-refractivity contribution in [1.82, 2.24) is 9.97 Å². The molecule has 0 aliphatic carbocycles. The molecule has 0 saturated heterocycles. The number of aryl methyl sites for hydroxylation is 1. The number of benzene rings is 1. The highest BCUT2D eigenvalue weighted by Crippen LogP contribution is 2.13. The molecule has 2 heterocycles. The summed E-state index contributed by atoms with van der Waals surface area (Å²) in [6.45, 7) is 2.09. The van der Waals surface area contributed by atoms with Crippen LogP contribution in [0.5, 0.6) is 0 Å². The van der Waals surface area contributed by atoms with Crippen molar-refractivity contribution >= 4 is 0 Å². The fourth-order valence-electron chi connectivity index (χ4n) is 2.36. The summed E-state index contributed by atoms with van der Waals surface area (Å²) in [6, 6.07) is 17.3. The van der Waals surface area contributed by atoms with Crippen LogP contribution in [-0.4, -0.2) is 9.97 Å². The fraction of sp³-hybridized carbons (Fsp3) is 0.176. The lowest BCUT2D eigenvalue weighted by atomic mass is 10.0. The predicted molar refractivity (Wildman–Crippen MR) is 78.4 cm³/mol. The molecule has 2 nitrogen and oxygen atoms in total. The highest BCUT2D eigenvalue weighted by Gasteiger charge is 2.00. The Morgan fingerprint density at radius 2 is 1.47 bits per heavy atom. The number of hydrogen-bond donors (Lipinski definition) is 2. The summed E-state index contributed by atoms with van der Waals surface area (Å²) < 4.78 is 0. The summed E-state index contributed by atoms with van der Waals surface area (Å²) in [4.78, 5) is 6.61. The van der Waals surface area contributed by atoms with Gasteiger partial charge in [-0.15, -0.1) is 0 Å². The molecule has 1 aromatic carbocycles. The monoisotopic (exact) mass is 250 g/mol. The minimum Gasteiger partial charge on any atom is -0.365 e. The van der Waals surface area contributed by atoms with Gasteiger partial charge in [-0.05, 0) is 42.3 Å². The molecule has 2 heteroatoms. The molecule has 0 atom stereocenters. The van der Waals surface area contributed by atoms with Crippen molar-refractivity contribution in [2.75, 3.05) is 0 Å². The Hall–Kier alpha value is -2.22. The van der Waals surface area contributed by atoms with E-state index in [1.54, 1.807) is 0 Å². The summed E-state index contributed by atoms with van der Waals surface area (Å²) in [5.41, 5.74) is 6.44. The van der Waals surface area contributed by atoms with Gasteiger partial charge in [-0.2, -0.15) is 0 Å². The zero-order chi connectivity index (χ0) is 13.1. The van der Waals surface area contributed by atoms with Crippen molar-refractivity contribution < 1.29 is 0 Å². The standard InChI is InChI=1S/C17H18N2/c1-13-4-9-17(19-13)12-15-7-5-14(6-8-15)11-16-3-2-10-18-16/h2-10,18-19H,11-12H2,1H3. The molecule has 2 N–H and O–H groups in total. The third-order valence-electron chi connectivity index (χ3n) is 3.37. The maximum atomic E-state index is 3.37. The Morgan fingerprint density at radius 1 is 0.789 bits per heavy atom. The van der Waals surface area contributed by atoms with E-state index in [2.05, 4.69) is 59.4 Å². The third kappa shape index (κ3) is 2.97. The molecule has 0 spiro atoms. The van der Waals surface area contributed by atoms with Gasteiger partial charge in [0.25, 0.3) is 0 Å². The van der Waals surface area contributed by atoms with Crippen molar-refractivity contribution in [3.8, 4) is 0 Å². The van der Waals surface area contributed by atoms with E-state index in [1.807, 2.05) is 12.3 Å². The minimum absolute atomic E-state index is 0.967. The molecule has 2 aromatic heterocycles. The van der Waals surface area contributed by atoms with Crippen LogP contribution in [0.3, 0.4) is 0 Å². The number of rotatable bonds is 4. The second kappa shape index (κ2) is 5.19. The van der Waals surface area contributed by atoms with E-state index in [-0.39, 0.29) is 0 Å². The average Bonchev–Trinajstić information content (AvgIpc) is 3.04. The number of H-pyrrole nitrogens is 2. The van der Waals surface area contributed by atoms with Crippen LogP contribution in [0.1, 0.15) is 28.2 Å². The lowest BCUT2D eigenvalue weighted by Gasteiger charge is -2.03. The van der Waals surface area contributed by atoms with Crippen LogP contribution < -0.4 is 0 Å². The molecule has 96 valence electrons. The Bertz CT molecular complexity index is 630. The van der Waals surface area contributed by atoms with E-state index in [0.717, 1.165) is 12.8 Å². The molecule has 0 bridgehead atoms. The van der Waals surface area contributed by atoms with Crippen LogP contribution in [0.4, 0.5) is 0 Å². The molecule has 19 heavy (non-hydrogen) atoms. The van der Waals surface area contributed by atoms with E-state index in [0.29, 0.717) is 0 Å². The van der Waals surface area contributed by atoms with E-state index >= 15 is 0 Å². The van der Waals surface area contributed by atoms with E-state index in [9.17, 15) is 0 Å². The van der Waals surface area contributed by atoms with Crippen molar-refractivity contribution in [2.24, 2.45) is 0 Å². The van der Waals surface area contributed by atoms with Gasteiger partial charge in [0, 0.05) is 36.1 Å². The average molecular weight is 250 g/mol. The molecule has 3 rings (SSSR count). The van der Waals surface area contributed by atoms with Crippen LogP contribution in [0, 0.1) is 6.92 Å². The maximum Gasteiger partial charge on any atom is 0.0193 e. The van der Waals surface area contributed by atoms with Crippen LogP contribution in [-0.2, 0) is 12.8 Å². The third-order valence-corrected chi connectivity index (χ3v) is 3.37. The zero-order valence-electron chi connectivity index (χ0n) is 11.1. The summed E-state index contributed by atoms with van der Waals surface area (Å²) in [6.07, 6.45) is 3.91. The van der Waals surface area contributed by atoms with Gasteiger partial charge in [0.2, 0.25) is 0 Å². The van der Waals surface area contributed by atoms with Crippen LogP contribution in [0.25, 0.3) is 0 Å². The highest BCUT2D eigenvalue weighted by atomic mass is 14.7. The van der Waals surface area contributed by atoms with Gasteiger partial charge in [0.05, 0.1) is 0 Å². The van der Waals surface area contributed by atoms with E-state index in [1.165, 1.54) is 28.2 Å². The molecular weight excluding hydrogens is 232 g/mol. The lowest BCUT2D eigenvalue weighted by molar-refractivity contribution is 1.07. The molecule has 0 aliphatic heterocycles. The molecule has 0 saturated carbocycles. The smallest absolute Gasteiger partial charge is 0.0193 e. The SMILES string of the molecule is Cc1ccc(Cc2ccc(Cc3ccc[nH]3)cc2)[nH]1. The van der Waals surface area contributed by atoms with Crippen LogP contribution in [0.2, 0.25) is 0 Å². The quantitative estimate of drug-likeness (QED) is 0.705. The first-order valence-corrected chi connectivity index (χ1v) is 6.64. The molecule has 0 aliphatic rings. The molecule has 0 amide bonds. The number of nitrogens with one attached hydrogen (secondary N) is 2. The van der Waals surface area contributed by atoms with Gasteiger partial charge < -0.3 is 9.97 Å². The second-order valence-electron chi connectivity index (χ2n) is 5.03. The molecule has 0 unspecified atom stereocenters. The molecule has 3 aromatic rings. The topological polar surface area (TPSA) is 31.6 Å². The normalized spacial score (nSPS) is 10.8. The highest BCUT2D eigenvalue weighted by molar-refractivity contribution is 5.29. The largest absolute Gasteiger partial charge is 0.365 e. The van der Waals surface area contributed by atoms with Gasteiger partial charge in [0.1, 0.15) is 0 Å². The maximum absolute atomic E-state index is 3.37. The van der Waals surface area contributed by atoms with E-state index < -0.39 is 0 Å². The Morgan fingerprint density at radius 3 is 2.00 bits per heavy atom. The molecule has 0 radical (unpaired) electrons. The summed E-state index contributed by atoms with van der Waals surface area (Å²) in [5, 5.41) is 0. The molecular formula is C17H18N2. The van der Waals surface area contributed by atoms with Crippen LogP contribution in [0.15, 0.2) is 54.7 Å². The minimum atomic E-state index is 0.967. The zero-order valence-corrected chi connectivity index (χ0v) is 11.1. The van der Waals surface area contributed by atoms with Gasteiger partial charge in [-0.3, -0.25) is 0 Å². The van der Waals surface area contributed by atoms with Crippen LogP contribution >= 0.6 is 0 Å². The number of hydrogen-bond acceptors (Lipinski definition) is 0. The first-order chi connectivity index (χ1) is 9.29. The summed E-state index contributed by atoms with van der Waals surface area (Å²) >= 11 is 0. The number of aromatic amines is 2. The molecule has 0 fully saturated rings. The fourth-order valence-corrected chi connectivity index (χ4v) is 2.36. The second-order valence-corrected chi connectivity index (χ2v) is 5.03. The first-order valence-electron chi connectivity index (χ1n) is 6.64. The lowest BCUT2D eigenvalue weighted by Crippen LogP contribution is -1.91. The Kier molecular flexibility index (Phi) is 3.23. The Labute approximate surface area is 113 Å². The first kappa shape index (κ1) is 11.8. The van der Waals surface area contributed by atoms with Gasteiger partial charge in [0.15, 0.2) is 0 Å². The number of aromatic nitrogens is 2. The van der Waals surface area contributed by atoms with E-state index in [4.69, 9.17) is 0 Å².